The van der Waals surface area contributed by atoms with Gasteiger partial charge in [0.15, 0.2) is 0 Å². The Morgan fingerprint density at radius 3 is 1.68 bits per heavy atom. The van der Waals surface area contributed by atoms with Crippen molar-refractivity contribution in [1.29, 1.82) is 0 Å². The van der Waals surface area contributed by atoms with Crippen LogP contribution in [0, 0.1) is 0 Å². The number of rotatable bonds is 11. The quantitative estimate of drug-likeness (QED) is 0.421. The predicted molar refractivity (Wildman–Crippen MR) is 77.6 cm³/mol. The van der Waals surface area contributed by atoms with E-state index in [0.29, 0.717) is 26.3 Å². The van der Waals surface area contributed by atoms with Gasteiger partial charge in [-0.05, 0) is 26.7 Å². The molecule has 0 aliphatic rings. The lowest BCUT2D eigenvalue weighted by Gasteiger charge is -2.24. The van der Waals surface area contributed by atoms with Gasteiger partial charge in [-0.25, -0.2) is 4.57 Å². The molecule has 1 amide bonds. The number of carbonyl (C=O) groups excluding carboxylic acids is 1. The second kappa shape index (κ2) is 10.4. The van der Waals surface area contributed by atoms with E-state index in [-0.39, 0.29) is 0 Å². The highest BCUT2D eigenvalue weighted by molar-refractivity contribution is 7.71. The summed E-state index contributed by atoms with van der Waals surface area (Å²) in [7, 11) is -3.67. The van der Waals surface area contributed by atoms with Gasteiger partial charge in [-0.1, -0.05) is 26.7 Å². The molecule has 0 aromatic carbocycles. The molecule has 0 fully saturated rings. The van der Waals surface area contributed by atoms with Gasteiger partial charge < -0.3 is 13.9 Å². The molecule has 0 radical (unpaired) electrons. The minimum atomic E-state index is -3.67. The second-order valence-corrected chi connectivity index (χ2v) is 6.22. The lowest BCUT2D eigenvalue weighted by Crippen LogP contribution is -2.30. The first kappa shape index (κ1) is 18.6. The van der Waals surface area contributed by atoms with Crippen LogP contribution >= 0.6 is 7.60 Å². The Morgan fingerprint density at radius 2 is 1.37 bits per heavy atom. The fourth-order valence-electron chi connectivity index (χ4n) is 1.47. The molecule has 0 rings (SSSR count). The molecule has 0 heterocycles. The SMILES string of the molecule is CCCCOP(=O)(OCCCC)C(=O)N(CC)CC. The van der Waals surface area contributed by atoms with E-state index in [9.17, 15) is 9.36 Å². The molecular formula is C13H28NO4P. The Kier molecular flexibility index (Phi) is 10.2. The number of hydrogen-bond donors (Lipinski definition) is 0. The van der Waals surface area contributed by atoms with E-state index in [1.165, 1.54) is 4.90 Å². The predicted octanol–water partition coefficient (Wildman–Crippen LogP) is 4.27. The maximum absolute atomic E-state index is 12.6. The molecule has 0 N–H and O–H groups in total. The molecular weight excluding hydrogens is 265 g/mol. The molecule has 0 aromatic heterocycles. The molecule has 0 aromatic rings. The monoisotopic (exact) mass is 293 g/mol. The van der Waals surface area contributed by atoms with Crippen LogP contribution in [0.3, 0.4) is 0 Å². The zero-order chi connectivity index (χ0) is 14.7. The minimum absolute atomic E-state index is 0.299. The molecule has 0 aliphatic carbocycles. The van der Waals surface area contributed by atoms with Crippen molar-refractivity contribution in [1.82, 2.24) is 4.90 Å². The van der Waals surface area contributed by atoms with Crippen LogP contribution in [0.1, 0.15) is 53.4 Å². The topological polar surface area (TPSA) is 55.8 Å². The van der Waals surface area contributed by atoms with E-state index >= 15 is 0 Å². The molecule has 5 nitrogen and oxygen atoms in total. The fourth-order valence-corrected chi connectivity index (χ4v) is 3.14. The van der Waals surface area contributed by atoms with Gasteiger partial charge in [0.25, 0.3) is 0 Å². The normalized spacial score (nSPS) is 11.6. The van der Waals surface area contributed by atoms with Crippen LogP contribution in [-0.4, -0.2) is 36.9 Å². The first-order chi connectivity index (χ1) is 9.05. The van der Waals surface area contributed by atoms with Gasteiger partial charge in [0.1, 0.15) is 0 Å². The van der Waals surface area contributed by atoms with Crippen molar-refractivity contribution >= 4 is 13.2 Å². The summed E-state index contributed by atoms with van der Waals surface area (Å²) in [5, 5.41) is 0. The Morgan fingerprint density at radius 1 is 0.947 bits per heavy atom. The van der Waals surface area contributed by atoms with Gasteiger partial charge in [-0.2, -0.15) is 0 Å². The number of carbonyl (C=O) groups is 1. The standard InChI is InChI=1S/C13H28NO4P/c1-5-9-11-17-19(16,18-12-10-6-2)13(15)14(7-3)8-4/h5-12H2,1-4H3. The van der Waals surface area contributed by atoms with Crippen molar-refractivity contribution in [3.63, 3.8) is 0 Å². The fraction of sp³-hybridized carbons (Fsp3) is 0.923. The third kappa shape index (κ3) is 6.55. The van der Waals surface area contributed by atoms with Crippen LogP contribution < -0.4 is 0 Å². The van der Waals surface area contributed by atoms with Crippen LogP contribution in [0.15, 0.2) is 0 Å². The van der Waals surface area contributed by atoms with Crippen molar-refractivity contribution in [2.45, 2.75) is 53.4 Å². The minimum Gasteiger partial charge on any atom is -0.333 e. The highest BCUT2D eigenvalue weighted by atomic mass is 31.2. The van der Waals surface area contributed by atoms with E-state index < -0.39 is 13.2 Å². The first-order valence-corrected chi connectivity index (χ1v) is 8.78. The van der Waals surface area contributed by atoms with Crippen molar-refractivity contribution in [2.24, 2.45) is 0 Å². The number of amides is 1. The van der Waals surface area contributed by atoms with Gasteiger partial charge in [0.05, 0.1) is 13.2 Å². The average Bonchev–Trinajstić information content (AvgIpc) is 2.40. The van der Waals surface area contributed by atoms with Crippen LogP contribution in [-0.2, 0) is 13.6 Å². The maximum atomic E-state index is 12.6. The highest BCUT2D eigenvalue weighted by Crippen LogP contribution is 2.51. The van der Waals surface area contributed by atoms with Crippen LogP contribution in [0.25, 0.3) is 0 Å². The molecule has 0 saturated heterocycles. The second-order valence-electron chi connectivity index (χ2n) is 4.33. The molecule has 19 heavy (non-hydrogen) atoms. The molecule has 0 aliphatic heterocycles. The number of nitrogens with zero attached hydrogens (tertiary/aromatic N) is 1. The third-order valence-electron chi connectivity index (χ3n) is 2.79. The number of hydrogen-bond acceptors (Lipinski definition) is 4. The Bertz CT molecular complexity index is 278. The smallest absolute Gasteiger partial charge is 0.333 e. The highest BCUT2D eigenvalue weighted by Gasteiger charge is 2.37. The van der Waals surface area contributed by atoms with Crippen molar-refractivity contribution in [2.75, 3.05) is 26.3 Å². The molecule has 0 unspecified atom stereocenters. The van der Waals surface area contributed by atoms with Crippen molar-refractivity contribution < 1.29 is 18.4 Å². The summed E-state index contributed by atoms with van der Waals surface area (Å²) in [5.41, 5.74) is -0.510. The Labute approximate surface area is 117 Å². The van der Waals surface area contributed by atoms with Gasteiger partial charge in [-0.3, -0.25) is 4.79 Å². The van der Waals surface area contributed by atoms with E-state index in [4.69, 9.17) is 9.05 Å². The molecule has 6 heteroatoms. The molecule has 114 valence electrons. The zero-order valence-electron chi connectivity index (χ0n) is 12.7. The summed E-state index contributed by atoms with van der Waals surface area (Å²) in [5.74, 6) is 0. The van der Waals surface area contributed by atoms with E-state index in [2.05, 4.69) is 0 Å². The molecule has 0 bridgehead atoms. The Balaban J connectivity index is 4.71. The lowest BCUT2D eigenvalue weighted by atomic mass is 10.4. The van der Waals surface area contributed by atoms with Gasteiger partial charge >= 0.3 is 13.2 Å². The van der Waals surface area contributed by atoms with Crippen LogP contribution in [0.2, 0.25) is 0 Å². The zero-order valence-corrected chi connectivity index (χ0v) is 13.6. The van der Waals surface area contributed by atoms with Crippen LogP contribution in [0.5, 0.6) is 0 Å². The summed E-state index contributed by atoms with van der Waals surface area (Å²) >= 11 is 0. The van der Waals surface area contributed by atoms with Crippen LogP contribution in [0.4, 0.5) is 4.79 Å². The third-order valence-corrected chi connectivity index (χ3v) is 4.58. The maximum Gasteiger partial charge on any atom is 0.418 e. The number of unbranched alkanes of at least 4 members (excludes halogenated alkanes) is 2. The van der Waals surface area contributed by atoms with E-state index in [1.54, 1.807) is 0 Å². The van der Waals surface area contributed by atoms with Gasteiger partial charge in [-0.15, -0.1) is 0 Å². The lowest BCUT2D eigenvalue weighted by molar-refractivity contribution is 0.178. The van der Waals surface area contributed by atoms with Crippen molar-refractivity contribution in [3.8, 4) is 0 Å². The summed E-state index contributed by atoms with van der Waals surface area (Å²) in [4.78, 5) is 13.7. The van der Waals surface area contributed by atoms with Gasteiger partial charge in [0.2, 0.25) is 0 Å². The largest absolute Gasteiger partial charge is 0.418 e. The summed E-state index contributed by atoms with van der Waals surface area (Å²) < 4.78 is 23.2. The summed E-state index contributed by atoms with van der Waals surface area (Å²) in [6.45, 7) is 9.34. The molecule has 0 saturated carbocycles. The van der Waals surface area contributed by atoms with E-state index in [1.807, 2.05) is 27.7 Å². The first-order valence-electron chi connectivity index (χ1n) is 7.24. The van der Waals surface area contributed by atoms with Crippen molar-refractivity contribution in [3.05, 3.63) is 0 Å². The van der Waals surface area contributed by atoms with E-state index in [0.717, 1.165) is 25.7 Å². The average molecular weight is 293 g/mol. The van der Waals surface area contributed by atoms with Gasteiger partial charge in [0, 0.05) is 13.1 Å². The summed E-state index contributed by atoms with van der Waals surface area (Å²) in [6, 6.07) is 0. The molecule has 0 atom stereocenters. The molecule has 0 spiro atoms. The Hall–Kier alpha value is -0.380. The summed E-state index contributed by atoms with van der Waals surface area (Å²) in [6.07, 6.45) is 3.39.